The normalized spacial score (nSPS) is 27.0. The number of nitrogens with one attached hydrogen (secondary N) is 1. The van der Waals surface area contributed by atoms with Crippen molar-refractivity contribution in [1.82, 2.24) is 5.32 Å². The Hall–Kier alpha value is 0.270. The van der Waals surface area contributed by atoms with Gasteiger partial charge in [-0.25, -0.2) is 0 Å². The molecule has 0 bridgehead atoms. The molecule has 0 aliphatic carbocycles. The van der Waals surface area contributed by atoms with Gasteiger partial charge < -0.3 is 10.1 Å². The van der Waals surface area contributed by atoms with E-state index < -0.39 is 0 Å². The first kappa shape index (κ1) is 10.4. The first-order chi connectivity index (χ1) is 5.84. The molecule has 0 saturated carbocycles. The number of ether oxygens (including phenoxy) is 1. The summed E-state index contributed by atoms with van der Waals surface area (Å²) >= 11 is 2.00. The fraction of sp³-hybridized carbons (Fsp3) is 1.00. The Morgan fingerprint density at radius 3 is 3.08 bits per heavy atom. The standard InChI is InChI=1S/C9H19NOS/c1-3-4-10-8(2)9-7-12-6-5-11-9/h8-10H,3-7H2,1-2H3. The maximum Gasteiger partial charge on any atom is 0.0815 e. The summed E-state index contributed by atoms with van der Waals surface area (Å²) in [7, 11) is 0. The molecule has 1 aliphatic heterocycles. The van der Waals surface area contributed by atoms with E-state index in [-0.39, 0.29) is 0 Å². The summed E-state index contributed by atoms with van der Waals surface area (Å²) in [6.45, 7) is 6.43. The second kappa shape index (κ2) is 5.84. The highest BCUT2D eigenvalue weighted by Gasteiger charge is 2.19. The van der Waals surface area contributed by atoms with E-state index in [9.17, 15) is 0 Å². The van der Waals surface area contributed by atoms with Crippen molar-refractivity contribution in [3.05, 3.63) is 0 Å². The average Bonchev–Trinajstić information content (AvgIpc) is 2.15. The Kier molecular flexibility index (Phi) is 5.04. The van der Waals surface area contributed by atoms with E-state index in [2.05, 4.69) is 19.2 Å². The van der Waals surface area contributed by atoms with Crippen LogP contribution in [-0.2, 0) is 4.74 Å². The van der Waals surface area contributed by atoms with Crippen LogP contribution in [0.5, 0.6) is 0 Å². The molecule has 12 heavy (non-hydrogen) atoms. The molecule has 0 aromatic rings. The van der Waals surface area contributed by atoms with Crippen LogP contribution in [-0.4, -0.2) is 36.8 Å². The lowest BCUT2D eigenvalue weighted by atomic mass is 10.2. The van der Waals surface area contributed by atoms with Crippen LogP contribution < -0.4 is 5.32 Å². The zero-order chi connectivity index (χ0) is 8.81. The van der Waals surface area contributed by atoms with E-state index in [0.29, 0.717) is 12.1 Å². The van der Waals surface area contributed by atoms with Gasteiger partial charge in [-0.05, 0) is 19.9 Å². The average molecular weight is 189 g/mol. The van der Waals surface area contributed by atoms with Crippen LogP contribution in [0.1, 0.15) is 20.3 Å². The summed E-state index contributed by atoms with van der Waals surface area (Å²) < 4.78 is 5.65. The van der Waals surface area contributed by atoms with Gasteiger partial charge in [0.25, 0.3) is 0 Å². The predicted octanol–water partition coefficient (Wildman–Crippen LogP) is 1.51. The molecule has 2 atom stereocenters. The van der Waals surface area contributed by atoms with E-state index in [4.69, 9.17) is 4.74 Å². The SMILES string of the molecule is CCCNC(C)C1CSCCO1. The van der Waals surface area contributed by atoms with E-state index in [1.165, 1.54) is 6.42 Å². The molecule has 2 nitrogen and oxygen atoms in total. The predicted molar refractivity (Wildman–Crippen MR) is 54.8 cm³/mol. The lowest BCUT2D eigenvalue weighted by molar-refractivity contribution is 0.0519. The third-order valence-corrected chi connectivity index (χ3v) is 3.14. The summed E-state index contributed by atoms with van der Waals surface area (Å²) in [4.78, 5) is 0. The summed E-state index contributed by atoms with van der Waals surface area (Å²) in [6.07, 6.45) is 1.62. The summed E-state index contributed by atoms with van der Waals surface area (Å²) in [5.74, 6) is 2.31. The molecule has 0 aromatic heterocycles. The van der Waals surface area contributed by atoms with Gasteiger partial charge in [0.05, 0.1) is 12.7 Å². The second-order valence-electron chi connectivity index (χ2n) is 3.23. The highest BCUT2D eigenvalue weighted by atomic mass is 32.2. The summed E-state index contributed by atoms with van der Waals surface area (Å²) in [6, 6.07) is 0.512. The third-order valence-electron chi connectivity index (χ3n) is 2.12. The molecule has 0 radical (unpaired) electrons. The molecule has 2 unspecified atom stereocenters. The van der Waals surface area contributed by atoms with Gasteiger partial charge in [-0.2, -0.15) is 11.8 Å². The van der Waals surface area contributed by atoms with Crippen molar-refractivity contribution >= 4 is 11.8 Å². The van der Waals surface area contributed by atoms with Gasteiger partial charge in [-0.15, -0.1) is 0 Å². The van der Waals surface area contributed by atoms with Crippen LogP contribution >= 0.6 is 11.8 Å². The van der Waals surface area contributed by atoms with Crippen LogP contribution in [0.4, 0.5) is 0 Å². The Labute approximate surface area is 79.4 Å². The van der Waals surface area contributed by atoms with Crippen LogP contribution in [0.25, 0.3) is 0 Å². The zero-order valence-corrected chi connectivity index (χ0v) is 8.82. The van der Waals surface area contributed by atoms with Gasteiger partial charge in [0.2, 0.25) is 0 Å². The Morgan fingerprint density at radius 1 is 1.67 bits per heavy atom. The smallest absolute Gasteiger partial charge is 0.0815 e. The highest BCUT2D eigenvalue weighted by molar-refractivity contribution is 7.99. The topological polar surface area (TPSA) is 21.3 Å². The van der Waals surface area contributed by atoms with Crippen molar-refractivity contribution in [2.75, 3.05) is 24.7 Å². The van der Waals surface area contributed by atoms with Crippen molar-refractivity contribution < 1.29 is 4.74 Å². The highest BCUT2D eigenvalue weighted by Crippen LogP contribution is 2.15. The van der Waals surface area contributed by atoms with Gasteiger partial charge in [-0.3, -0.25) is 0 Å². The minimum Gasteiger partial charge on any atom is -0.375 e. The Morgan fingerprint density at radius 2 is 2.50 bits per heavy atom. The molecular formula is C9H19NOS. The van der Waals surface area contributed by atoms with E-state index in [1.807, 2.05) is 11.8 Å². The summed E-state index contributed by atoms with van der Waals surface area (Å²) in [5.41, 5.74) is 0. The number of thioether (sulfide) groups is 1. The molecule has 0 aromatic carbocycles. The molecule has 1 rings (SSSR count). The molecule has 1 aliphatic rings. The quantitative estimate of drug-likeness (QED) is 0.724. The van der Waals surface area contributed by atoms with Crippen molar-refractivity contribution in [1.29, 1.82) is 0 Å². The van der Waals surface area contributed by atoms with Crippen LogP contribution in [0.15, 0.2) is 0 Å². The minimum absolute atomic E-state index is 0.426. The molecule has 1 heterocycles. The first-order valence-electron chi connectivity index (χ1n) is 4.77. The van der Waals surface area contributed by atoms with E-state index in [1.54, 1.807) is 0 Å². The fourth-order valence-electron chi connectivity index (χ4n) is 1.30. The minimum atomic E-state index is 0.426. The number of hydrogen-bond donors (Lipinski definition) is 1. The fourth-order valence-corrected chi connectivity index (χ4v) is 2.30. The Bertz CT molecular complexity index is 115. The van der Waals surface area contributed by atoms with Crippen LogP contribution in [0.2, 0.25) is 0 Å². The summed E-state index contributed by atoms with van der Waals surface area (Å²) in [5, 5.41) is 3.46. The van der Waals surface area contributed by atoms with Gasteiger partial charge in [-0.1, -0.05) is 6.92 Å². The zero-order valence-electron chi connectivity index (χ0n) is 8.01. The molecule has 1 N–H and O–H groups in total. The second-order valence-corrected chi connectivity index (χ2v) is 4.38. The monoisotopic (exact) mass is 189 g/mol. The Balaban J connectivity index is 2.15. The molecule has 72 valence electrons. The molecule has 0 amide bonds. The van der Waals surface area contributed by atoms with Crippen molar-refractivity contribution in [3.8, 4) is 0 Å². The van der Waals surface area contributed by atoms with E-state index >= 15 is 0 Å². The van der Waals surface area contributed by atoms with Crippen LogP contribution in [0, 0.1) is 0 Å². The van der Waals surface area contributed by atoms with Crippen LogP contribution in [0.3, 0.4) is 0 Å². The van der Waals surface area contributed by atoms with E-state index in [0.717, 1.165) is 24.7 Å². The number of hydrogen-bond acceptors (Lipinski definition) is 3. The van der Waals surface area contributed by atoms with Crippen molar-refractivity contribution in [2.45, 2.75) is 32.4 Å². The maximum atomic E-state index is 5.65. The van der Waals surface area contributed by atoms with Gasteiger partial charge >= 0.3 is 0 Å². The molecule has 1 fully saturated rings. The maximum absolute atomic E-state index is 5.65. The number of rotatable bonds is 4. The van der Waals surface area contributed by atoms with Crippen molar-refractivity contribution in [3.63, 3.8) is 0 Å². The van der Waals surface area contributed by atoms with Crippen molar-refractivity contribution in [2.24, 2.45) is 0 Å². The third kappa shape index (κ3) is 3.33. The molecule has 0 spiro atoms. The lowest BCUT2D eigenvalue weighted by Crippen LogP contribution is -2.42. The van der Waals surface area contributed by atoms with Gasteiger partial charge in [0.1, 0.15) is 0 Å². The molecule has 1 saturated heterocycles. The molecule has 3 heteroatoms. The lowest BCUT2D eigenvalue weighted by Gasteiger charge is -2.28. The molecular weight excluding hydrogens is 170 g/mol. The van der Waals surface area contributed by atoms with Gasteiger partial charge in [0.15, 0.2) is 0 Å². The first-order valence-corrected chi connectivity index (χ1v) is 5.92. The van der Waals surface area contributed by atoms with Gasteiger partial charge in [0, 0.05) is 17.5 Å². The largest absolute Gasteiger partial charge is 0.375 e.